The first-order valence-corrected chi connectivity index (χ1v) is 8.39. The van der Waals surface area contributed by atoms with Gasteiger partial charge in [-0.2, -0.15) is 18.3 Å². The van der Waals surface area contributed by atoms with Gasteiger partial charge in [0.05, 0.1) is 11.4 Å². The van der Waals surface area contributed by atoms with Crippen LogP contribution in [0.15, 0.2) is 59.7 Å². The fourth-order valence-electron chi connectivity index (χ4n) is 2.54. The average Bonchev–Trinajstić information content (AvgIpc) is 2.67. The zero-order chi connectivity index (χ0) is 20.1. The molecule has 0 spiro atoms. The van der Waals surface area contributed by atoms with Crippen molar-refractivity contribution in [2.24, 2.45) is 5.10 Å². The molecule has 0 fully saturated rings. The van der Waals surface area contributed by atoms with E-state index in [0.717, 1.165) is 5.01 Å². The third-order valence-corrected chi connectivity index (χ3v) is 3.82. The number of halogens is 3. The summed E-state index contributed by atoms with van der Waals surface area (Å²) in [5.74, 6) is -0.978. The highest BCUT2D eigenvalue weighted by atomic mass is 19.4. The second kappa shape index (κ2) is 8.12. The lowest BCUT2D eigenvalue weighted by atomic mass is 10.1. The normalized spacial score (nSPS) is 14.5. The number of nitrogens with zero attached hydrogens (tertiary/aromatic N) is 2. The smallest absolute Gasteiger partial charge is 0.422 e. The summed E-state index contributed by atoms with van der Waals surface area (Å²) in [7, 11) is 0. The van der Waals surface area contributed by atoms with Crippen LogP contribution in [-0.4, -0.2) is 30.3 Å². The van der Waals surface area contributed by atoms with E-state index < -0.39 is 18.7 Å². The number of carbonyl (C=O) groups excluding carboxylic acids is 2. The van der Waals surface area contributed by atoms with Gasteiger partial charge in [-0.05, 0) is 24.3 Å². The lowest BCUT2D eigenvalue weighted by Gasteiger charge is -2.23. The van der Waals surface area contributed by atoms with Gasteiger partial charge in [-0.25, -0.2) is 5.01 Å². The van der Waals surface area contributed by atoms with Gasteiger partial charge in [0.1, 0.15) is 11.5 Å². The van der Waals surface area contributed by atoms with Crippen LogP contribution in [0.4, 0.5) is 24.5 Å². The summed E-state index contributed by atoms with van der Waals surface area (Å²) >= 11 is 0. The minimum atomic E-state index is -4.50. The number of benzene rings is 2. The highest BCUT2D eigenvalue weighted by Crippen LogP contribution is 2.27. The Hall–Kier alpha value is -3.36. The third kappa shape index (κ3) is 4.87. The third-order valence-electron chi connectivity index (χ3n) is 3.82. The van der Waals surface area contributed by atoms with Gasteiger partial charge >= 0.3 is 6.18 Å². The number of hydrogen-bond acceptors (Lipinski definition) is 4. The number of para-hydroxylation sites is 3. The lowest BCUT2D eigenvalue weighted by Crippen LogP contribution is -2.36. The molecule has 1 aliphatic rings. The predicted octanol–water partition coefficient (Wildman–Crippen LogP) is 3.75. The van der Waals surface area contributed by atoms with Crippen molar-refractivity contribution in [3.8, 4) is 5.75 Å². The quantitative estimate of drug-likeness (QED) is 0.844. The van der Waals surface area contributed by atoms with E-state index in [9.17, 15) is 22.8 Å². The first-order valence-electron chi connectivity index (χ1n) is 8.39. The molecule has 28 heavy (non-hydrogen) atoms. The van der Waals surface area contributed by atoms with Crippen LogP contribution in [0.5, 0.6) is 5.75 Å². The molecule has 0 bridgehead atoms. The molecule has 9 heteroatoms. The molecule has 1 heterocycles. The van der Waals surface area contributed by atoms with Gasteiger partial charge in [-0.15, -0.1) is 0 Å². The Morgan fingerprint density at radius 3 is 2.46 bits per heavy atom. The maximum absolute atomic E-state index is 12.5. The van der Waals surface area contributed by atoms with Crippen LogP contribution in [-0.2, 0) is 9.59 Å². The Kier molecular flexibility index (Phi) is 5.62. The minimum Gasteiger partial charge on any atom is -0.482 e. The molecule has 0 unspecified atom stereocenters. The molecule has 1 N–H and O–H groups in total. The summed E-state index contributed by atoms with van der Waals surface area (Å²) in [6, 6.07) is 14.4. The van der Waals surface area contributed by atoms with Crippen LogP contribution in [0.3, 0.4) is 0 Å². The first kappa shape index (κ1) is 19.4. The van der Waals surface area contributed by atoms with Crippen LogP contribution in [0.1, 0.15) is 12.8 Å². The zero-order valence-electron chi connectivity index (χ0n) is 14.6. The summed E-state index contributed by atoms with van der Waals surface area (Å²) in [4.78, 5) is 24.7. The molecule has 3 rings (SSSR count). The zero-order valence-corrected chi connectivity index (χ0v) is 14.6. The van der Waals surface area contributed by atoms with Gasteiger partial charge < -0.3 is 10.1 Å². The molecule has 2 amide bonds. The van der Waals surface area contributed by atoms with E-state index in [1.165, 1.54) is 18.2 Å². The molecular formula is C19H16F3N3O3. The number of anilines is 2. The number of hydrazone groups is 1. The summed E-state index contributed by atoms with van der Waals surface area (Å²) in [5.41, 5.74) is 0.697. The number of alkyl halides is 3. The SMILES string of the molecule is O=C(Nc1ccccc1OCC(F)(F)F)C1=NN(c2ccccc2)C(=O)CC1. The van der Waals surface area contributed by atoms with Gasteiger partial charge in [0.2, 0.25) is 5.91 Å². The van der Waals surface area contributed by atoms with Crippen molar-refractivity contribution in [2.45, 2.75) is 19.0 Å². The van der Waals surface area contributed by atoms with Crippen LogP contribution < -0.4 is 15.1 Å². The van der Waals surface area contributed by atoms with E-state index in [-0.39, 0.29) is 35.9 Å². The molecule has 6 nitrogen and oxygen atoms in total. The van der Waals surface area contributed by atoms with E-state index in [1.807, 2.05) is 0 Å². The Bertz CT molecular complexity index is 898. The summed E-state index contributed by atoms with van der Waals surface area (Å²) in [5, 5.41) is 7.76. The number of carbonyl (C=O) groups is 2. The number of rotatable bonds is 5. The summed E-state index contributed by atoms with van der Waals surface area (Å²) in [6.45, 7) is -1.48. The molecule has 0 atom stereocenters. The predicted molar refractivity (Wildman–Crippen MR) is 97.2 cm³/mol. The summed E-state index contributed by atoms with van der Waals surface area (Å²) in [6.07, 6.45) is -4.28. The molecule has 2 aromatic carbocycles. The number of amides is 2. The number of ether oxygens (including phenoxy) is 1. The topological polar surface area (TPSA) is 71.0 Å². The van der Waals surface area contributed by atoms with E-state index in [1.54, 1.807) is 36.4 Å². The molecular weight excluding hydrogens is 375 g/mol. The van der Waals surface area contributed by atoms with Crippen LogP contribution in [0.25, 0.3) is 0 Å². The minimum absolute atomic E-state index is 0.0858. The van der Waals surface area contributed by atoms with Crippen molar-refractivity contribution >= 4 is 28.9 Å². The van der Waals surface area contributed by atoms with Crippen LogP contribution in [0.2, 0.25) is 0 Å². The maximum atomic E-state index is 12.5. The highest BCUT2D eigenvalue weighted by molar-refractivity contribution is 6.44. The molecule has 146 valence electrons. The number of hydrogen-bond donors (Lipinski definition) is 1. The fourth-order valence-corrected chi connectivity index (χ4v) is 2.54. The van der Waals surface area contributed by atoms with Gasteiger partial charge in [0, 0.05) is 12.8 Å². The molecule has 0 saturated heterocycles. The second-order valence-electron chi connectivity index (χ2n) is 5.94. The van der Waals surface area contributed by atoms with Crippen molar-refractivity contribution in [1.82, 2.24) is 0 Å². The average molecular weight is 391 g/mol. The maximum Gasteiger partial charge on any atom is 0.422 e. The second-order valence-corrected chi connectivity index (χ2v) is 5.94. The Morgan fingerprint density at radius 1 is 1.07 bits per heavy atom. The number of nitrogens with one attached hydrogen (secondary N) is 1. The standard InChI is InChI=1S/C19H16F3N3O3/c20-19(21,22)12-28-16-9-5-4-8-14(16)23-18(27)15-10-11-17(26)25(24-15)13-6-2-1-3-7-13/h1-9H,10-12H2,(H,23,27). The molecule has 0 radical (unpaired) electrons. The van der Waals surface area contributed by atoms with E-state index in [2.05, 4.69) is 10.4 Å². The van der Waals surface area contributed by atoms with Crippen molar-refractivity contribution in [1.29, 1.82) is 0 Å². The fraction of sp³-hybridized carbons (Fsp3) is 0.211. The Labute approximate surface area is 158 Å². The van der Waals surface area contributed by atoms with Crippen LogP contribution in [0, 0.1) is 0 Å². The molecule has 0 aromatic heterocycles. The first-order chi connectivity index (χ1) is 13.3. The van der Waals surface area contributed by atoms with Gasteiger partial charge in [0.25, 0.3) is 5.91 Å². The van der Waals surface area contributed by atoms with Gasteiger partial charge in [-0.1, -0.05) is 30.3 Å². The van der Waals surface area contributed by atoms with Crippen molar-refractivity contribution in [3.63, 3.8) is 0 Å². The van der Waals surface area contributed by atoms with E-state index >= 15 is 0 Å². The Morgan fingerprint density at radius 2 is 1.75 bits per heavy atom. The van der Waals surface area contributed by atoms with Crippen LogP contribution >= 0.6 is 0 Å². The summed E-state index contributed by atoms with van der Waals surface area (Å²) < 4.78 is 41.9. The van der Waals surface area contributed by atoms with Crippen molar-refractivity contribution in [3.05, 3.63) is 54.6 Å². The van der Waals surface area contributed by atoms with Gasteiger partial charge in [0.15, 0.2) is 6.61 Å². The van der Waals surface area contributed by atoms with Gasteiger partial charge in [-0.3, -0.25) is 9.59 Å². The molecule has 0 aliphatic carbocycles. The Balaban J connectivity index is 1.77. The monoisotopic (exact) mass is 391 g/mol. The van der Waals surface area contributed by atoms with E-state index in [0.29, 0.717) is 5.69 Å². The highest BCUT2D eigenvalue weighted by Gasteiger charge is 2.29. The molecule has 2 aromatic rings. The molecule has 0 saturated carbocycles. The van der Waals surface area contributed by atoms with Crippen molar-refractivity contribution < 1.29 is 27.5 Å². The molecule has 1 aliphatic heterocycles. The van der Waals surface area contributed by atoms with Crippen molar-refractivity contribution in [2.75, 3.05) is 16.9 Å². The van der Waals surface area contributed by atoms with E-state index in [4.69, 9.17) is 4.74 Å². The lowest BCUT2D eigenvalue weighted by molar-refractivity contribution is -0.153. The largest absolute Gasteiger partial charge is 0.482 e.